The number of benzene rings is 2. The fourth-order valence-corrected chi connectivity index (χ4v) is 4.54. The number of sulfonamides is 2. The molecule has 2 aromatic rings. The zero-order valence-electron chi connectivity index (χ0n) is 17.2. The van der Waals surface area contributed by atoms with Gasteiger partial charge in [-0.1, -0.05) is 12.1 Å². The van der Waals surface area contributed by atoms with Crippen LogP contribution in [0.3, 0.4) is 0 Å². The van der Waals surface area contributed by atoms with Gasteiger partial charge in [0.15, 0.2) is 0 Å². The number of hydrogen-bond acceptors (Lipinski definition) is 6. The molecule has 0 aromatic heterocycles. The molecule has 0 aliphatic heterocycles. The maximum atomic E-state index is 12.6. The van der Waals surface area contributed by atoms with E-state index in [-0.39, 0.29) is 15.5 Å². The summed E-state index contributed by atoms with van der Waals surface area (Å²) in [5.41, 5.74) is 1.33. The van der Waals surface area contributed by atoms with E-state index in [1.807, 2.05) is 0 Å². The standard InChI is InChI=1S/C19H27N3O5S2/c1-6-27-18-11-10-16(13-19(18)29(25,26)22(4)5)20-14-15-8-7-9-17(12-15)28(23,24)21(2)3/h7-13,20H,6,14H2,1-5H3. The highest BCUT2D eigenvalue weighted by Gasteiger charge is 2.23. The topological polar surface area (TPSA) is 96.0 Å². The lowest BCUT2D eigenvalue weighted by atomic mass is 10.2. The van der Waals surface area contributed by atoms with Crippen LogP contribution in [0.4, 0.5) is 5.69 Å². The fraction of sp³-hybridized carbons (Fsp3) is 0.368. The van der Waals surface area contributed by atoms with Crippen LogP contribution in [0, 0.1) is 0 Å². The number of anilines is 1. The zero-order valence-corrected chi connectivity index (χ0v) is 18.8. The molecular weight excluding hydrogens is 414 g/mol. The number of nitrogens with one attached hydrogen (secondary N) is 1. The first-order valence-electron chi connectivity index (χ1n) is 8.95. The summed E-state index contributed by atoms with van der Waals surface area (Å²) in [6.07, 6.45) is 0. The van der Waals surface area contributed by atoms with Crippen LogP contribution in [0.1, 0.15) is 12.5 Å². The number of nitrogens with zero attached hydrogens (tertiary/aromatic N) is 2. The van der Waals surface area contributed by atoms with Crippen molar-refractivity contribution in [3.63, 3.8) is 0 Å². The molecule has 0 amide bonds. The molecule has 0 aliphatic rings. The van der Waals surface area contributed by atoms with E-state index in [4.69, 9.17) is 4.74 Å². The van der Waals surface area contributed by atoms with Crippen molar-refractivity contribution < 1.29 is 21.6 Å². The molecule has 1 N–H and O–H groups in total. The molecule has 0 radical (unpaired) electrons. The highest BCUT2D eigenvalue weighted by molar-refractivity contribution is 7.89. The Bertz CT molecular complexity index is 1070. The Labute approximate surface area is 173 Å². The van der Waals surface area contributed by atoms with Crippen LogP contribution in [0.5, 0.6) is 5.75 Å². The third-order valence-electron chi connectivity index (χ3n) is 4.18. The second kappa shape index (κ2) is 9.12. The van der Waals surface area contributed by atoms with Crippen LogP contribution >= 0.6 is 0 Å². The minimum Gasteiger partial charge on any atom is -0.492 e. The number of hydrogen-bond donors (Lipinski definition) is 1. The molecule has 160 valence electrons. The summed E-state index contributed by atoms with van der Waals surface area (Å²) in [7, 11) is -1.33. The minimum atomic E-state index is -3.69. The molecule has 8 nitrogen and oxygen atoms in total. The Morgan fingerprint density at radius 1 is 0.897 bits per heavy atom. The second-order valence-electron chi connectivity index (χ2n) is 6.67. The third kappa shape index (κ3) is 5.27. The lowest BCUT2D eigenvalue weighted by molar-refractivity contribution is 0.330. The Hall–Kier alpha value is -2.14. The van der Waals surface area contributed by atoms with Crippen molar-refractivity contribution in [1.82, 2.24) is 8.61 Å². The predicted molar refractivity (Wildman–Crippen MR) is 113 cm³/mol. The van der Waals surface area contributed by atoms with E-state index in [9.17, 15) is 16.8 Å². The van der Waals surface area contributed by atoms with Gasteiger partial charge in [-0.05, 0) is 42.8 Å². The van der Waals surface area contributed by atoms with Gasteiger partial charge in [0.2, 0.25) is 20.0 Å². The van der Waals surface area contributed by atoms with Gasteiger partial charge in [-0.25, -0.2) is 25.4 Å². The van der Waals surface area contributed by atoms with Gasteiger partial charge in [-0.3, -0.25) is 0 Å². The lowest BCUT2D eigenvalue weighted by Crippen LogP contribution is -2.23. The van der Waals surface area contributed by atoms with Crippen molar-refractivity contribution in [2.24, 2.45) is 0 Å². The monoisotopic (exact) mass is 441 g/mol. The molecule has 0 bridgehead atoms. The van der Waals surface area contributed by atoms with E-state index < -0.39 is 20.0 Å². The minimum absolute atomic E-state index is 0.0679. The van der Waals surface area contributed by atoms with Gasteiger partial charge in [0.25, 0.3) is 0 Å². The Morgan fingerprint density at radius 2 is 1.55 bits per heavy atom. The molecule has 0 heterocycles. The molecule has 0 unspecified atom stereocenters. The normalized spacial score (nSPS) is 12.4. The van der Waals surface area contributed by atoms with E-state index in [1.165, 1.54) is 40.3 Å². The molecule has 0 atom stereocenters. The average molecular weight is 442 g/mol. The highest BCUT2D eigenvalue weighted by atomic mass is 32.2. The maximum Gasteiger partial charge on any atom is 0.246 e. The smallest absolute Gasteiger partial charge is 0.246 e. The maximum absolute atomic E-state index is 12.6. The molecule has 10 heteroatoms. The van der Waals surface area contributed by atoms with Crippen LogP contribution in [0.15, 0.2) is 52.3 Å². The largest absolute Gasteiger partial charge is 0.492 e. The van der Waals surface area contributed by atoms with Crippen molar-refractivity contribution in [2.75, 3.05) is 40.1 Å². The zero-order chi connectivity index (χ0) is 21.8. The van der Waals surface area contributed by atoms with Gasteiger partial charge in [0.05, 0.1) is 11.5 Å². The first kappa shape index (κ1) is 23.1. The fourth-order valence-electron chi connectivity index (χ4n) is 2.52. The van der Waals surface area contributed by atoms with Crippen LogP contribution in [-0.4, -0.2) is 60.2 Å². The molecule has 2 rings (SSSR count). The van der Waals surface area contributed by atoms with E-state index in [1.54, 1.807) is 37.3 Å². The summed E-state index contributed by atoms with van der Waals surface area (Å²) in [5.74, 6) is 0.283. The summed E-state index contributed by atoms with van der Waals surface area (Å²) in [4.78, 5) is 0.266. The van der Waals surface area contributed by atoms with Gasteiger partial charge in [0.1, 0.15) is 10.6 Å². The van der Waals surface area contributed by atoms with Gasteiger partial charge < -0.3 is 10.1 Å². The van der Waals surface area contributed by atoms with Gasteiger partial charge in [0, 0.05) is 40.4 Å². The molecule has 0 aliphatic carbocycles. The molecule has 0 spiro atoms. The SMILES string of the molecule is CCOc1ccc(NCc2cccc(S(=O)(=O)N(C)C)c2)cc1S(=O)(=O)N(C)C. The summed E-state index contributed by atoms with van der Waals surface area (Å²) in [6, 6.07) is 11.4. The van der Waals surface area contributed by atoms with Gasteiger partial charge in [-0.15, -0.1) is 0 Å². The Balaban J connectivity index is 2.30. The highest BCUT2D eigenvalue weighted by Crippen LogP contribution is 2.29. The Kier molecular flexibility index (Phi) is 7.28. The van der Waals surface area contributed by atoms with Crippen LogP contribution in [0.25, 0.3) is 0 Å². The number of rotatable bonds is 9. The average Bonchev–Trinajstić information content (AvgIpc) is 2.67. The van der Waals surface area contributed by atoms with Gasteiger partial charge >= 0.3 is 0 Å². The van der Waals surface area contributed by atoms with E-state index in [2.05, 4.69) is 5.32 Å². The predicted octanol–water partition coefficient (Wildman–Crippen LogP) is 2.20. The summed E-state index contributed by atoms with van der Waals surface area (Å²) >= 11 is 0. The van der Waals surface area contributed by atoms with Crippen molar-refractivity contribution in [1.29, 1.82) is 0 Å². The quantitative estimate of drug-likeness (QED) is 0.641. The molecule has 2 aromatic carbocycles. The van der Waals surface area contributed by atoms with Crippen molar-refractivity contribution in [3.8, 4) is 5.75 Å². The van der Waals surface area contributed by atoms with Crippen LogP contribution < -0.4 is 10.1 Å². The van der Waals surface area contributed by atoms with Crippen molar-refractivity contribution in [3.05, 3.63) is 48.0 Å². The van der Waals surface area contributed by atoms with E-state index in [0.29, 0.717) is 18.8 Å². The van der Waals surface area contributed by atoms with Gasteiger partial charge in [-0.2, -0.15) is 0 Å². The first-order valence-corrected chi connectivity index (χ1v) is 11.8. The third-order valence-corrected chi connectivity index (χ3v) is 7.82. The van der Waals surface area contributed by atoms with Crippen molar-refractivity contribution >= 4 is 25.7 Å². The van der Waals surface area contributed by atoms with E-state index in [0.717, 1.165) is 14.2 Å². The number of ether oxygens (including phenoxy) is 1. The molecule has 0 saturated heterocycles. The van der Waals surface area contributed by atoms with Crippen LogP contribution in [0.2, 0.25) is 0 Å². The summed E-state index contributed by atoms with van der Waals surface area (Å²) < 4.78 is 57.6. The molecular formula is C19H27N3O5S2. The molecule has 0 fully saturated rings. The van der Waals surface area contributed by atoms with Crippen LogP contribution in [-0.2, 0) is 26.6 Å². The summed E-state index contributed by atoms with van der Waals surface area (Å²) in [5, 5.41) is 3.14. The second-order valence-corrected chi connectivity index (χ2v) is 10.9. The Morgan fingerprint density at radius 3 is 2.14 bits per heavy atom. The van der Waals surface area contributed by atoms with Crippen molar-refractivity contribution in [2.45, 2.75) is 23.3 Å². The lowest BCUT2D eigenvalue weighted by Gasteiger charge is -2.17. The molecule has 29 heavy (non-hydrogen) atoms. The molecule has 0 saturated carbocycles. The first-order chi connectivity index (χ1) is 13.5. The van der Waals surface area contributed by atoms with E-state index >= 15 is 0 Å². The summed E-state index contributed by atoms with van der Waals surface area (Å²) in [6.45, 7) is 2.45.